The van der Waals surface area contributed by atoms with Gasteiger partial charge < -0.3 is 19.3 Å². The lowest BCUT2D eigenvalue weighted by Gasteiger charge is -2.23. The molecule has 6 heteroatoms. The molecule has 2 aliphatic rings. The summed E-state index contributed by atoms with van der Waals surface area (Å²) < 4.78 is 16.0. The summed E-state index contributed by atoms with van der Waals surface area (Å²) >= 11 is 0. The molecule has 1 unspecified atom stereocenters. The first-order valence-electron chi connectivity index (χ1n) is 5.17. The van der Waals surface area contributed by atoms with E-state index >= 15 is 0 Å². The molecule has 0 spiro atoms. The van der Waals surface area contributed by atoms with Crippen LogP contribution >= 0.6 is 0 Å². The van der Waals surface area contributed by atoms with E-state index in [0.29, 0.717) is 37.5 Å². The van der Waals surface area contributed by atoms with Crippen LogP contribution in [0.4, 0.5) is 0 Å². The molecular formula is C9H13N3O3. The second-order valence-electron chi connectivity index (χ2n) is 3.78. The summed E-state index contributed by atoms with van der Waals surface area (Å²) in [5.74, 6) is 1.69. The number of ether oxygens (including phenoxy) is 2. The van der Waals surface area contributed by atoms with Crippen LogP contribution < -0.4 is 5.32 Å². The molecule has 15 heavy (non-hydrogen) atoms. The van der Waals surface area contributed by atoms with E-state index in [2.05, 4.69) is 15.5 Å². The van der Waals surface area contributed by atoms with E-state index in [1.54, 1.807) is 0 Å². The monoisotopic (exact) mass is 211 g/mol. The fourth-order valence-corrected chi connectivity index (χ4v) is 1.64. The summed E-state index contributed by atoms with van der Waals surface area (Å²) in [5, 5.41) is 7.09. The molecule has 0 amide bonds. The average Bonchev–Trinajstić information content (AvgIpc) is 2.66. The predicted octanol–water partition coefficient (Wildman–Crippen LogP) is -0.156. The van der Waals surface area contributed by atoms with Gasteiger partial charge in [-0.05, 0) is 0 Å². The lowest BCUT2D eigenvalue weighted by atomic mass is 10.0. The van der Waals surface area contributed by atoms with Gasteiger partial charge in [-0.15, -0.1) is 0 Å². The Labute approximate surface area is 86.9 Å². The number of nitrogens with zero attached hydrogens (tertiary/aromatic N) is 2. The van der Waals surface area contributed by atoms with Gasteiger partial charge in [0.2, 0.25) is 11.7 Å². The first-order chi connectivity index (χ1) is 7.43. The van der Waals surface area contributed by atoms with Crippen LogP contribution in [0.5, 0.6) is 0 Å². The third kappa shape index (κ3) is 1.75. The Kier molecular flexibility index (Phi) is 2.40. The molecule has 1 atom stereocenters. The molecule has 0 saturated carbocycles. The molecular weight excluding hydrogens is 198 g/mol. The first-order valence-corrected chi connectivity index (χ1v) is 5.17. The van der Waals surface area contributed by atoms with Gasteiger partial charge in [0.1, 0.15) is 6.10 Å². The van der Waals surface area contributed by atoms with Crippen molar-refractivity contribution >= 4 is 0 Å². The summed E-state index contributed by atoms with van der Waals surface area (Å²) in [6.07, 6.45) is -0.163. The van der Waals surface area contributed by atoms with Crippen LogP contribution in [0.25, 0.3) is 0 Å². The molecule has 2 fully saturated rings. The number of aromatic nitrogens is 2. The summed E-state index contributed by atoms with van der Waals surface area (Å²) in [5.41, 5.74) is 0. The fraction of sp³-hybridized carbons (Fsp3) is 0.778. The standard InChI is InChI=1S/C9H13N3O3/c1-2-14-7(5-13-1)8-11-9(15-12-8)6-3-10-4-6/h6-7,10H,1-5H2. The van der Waals surface area contributed by atoms with Crippen molar-refractivity contribution in [3.63, 3.8) is 0 Å². The van der Waals surface area contributed by atoms with E-state index in [9.17, 15) is 0 Å². The van der Waals surface area contributed by atoms with Gasteiger partial charge in [-0.25, -0.2) is 0 Å². The van der Waals surface area contributed by atoms with Crippen molar-refractivity contribution in [3.8, 4) is 0 Å². The lowest BCUT2D eigenvalue weighted by molar-refractivity contribution is -0.0941. The smallest absolute Gasteiger partial charge is 0.232 e. The highest BCUT2D eigenvalue weighted by atomic mass is 16.6. The Morgan fingerprint density at radius 3 is 2.87 bits per heavy atom. The van der Waals surface area contributed by atoms with Crippen molar-refractivity contribution in [2.24, 2.45) is 0 Å². The van der Waals surface area contributed by atoms with Gasteiger partial charge in [0, 0.05) is 13.1 Å². The third-order valence-corrected chi connectivity index (χ3v) is 2.69. The second kappa shape index (κ2) is 3.88. The number of hydrogen-bond donors (Lipinski definition) is 1. The van der Waals surface area contributed by atoms with E-state index in [4.69, 9.17) is 14.0 Å². The maximum Gasteiger partial charge on any atom is 0.232 e. The van der Waals surface area contributed by atoms with Crippen LogP contribution in [0.2, 0.25) is 0 Å². The lowest BCUT2D eigenvalue weighted by Crippen LogP contribution is -2.40. The van der Waals surface area contributed by atoms with Gasteiger partial charge in [0.15, 0.2) is 0 Å². The highest BCUT2D eigenvalue weighted by Crippen LogP contribution is 2.22. The highest BCUT2D eigenvalue weighted by molar-refractivity contribution is 5.02. The van der Waals surface area contributed by atoms with Gasteiger partial charge in [-0.1, -0.05) is 5.16 Å². The fourth-order valence-electron chi connectivity index (χ4n) is 1.64. The average molecular weight is 211 g/mol. The molecule has 0 radical (unpaired) electrons. The predicted molar refractivity (Wildman–Crippen MR) is 49.4 cm³/mol. The Morgan fingerprint density at radius 1 is 1.27 bits per heavy atom. The van der Waals surface area contributed by atoms with Crippen LogP contribution in [-0.2, 0) is 9.47 Å². The van der Waals surface area contributed by atoms with Gasteiger partial charge in [0.25, 0.3) is 0 Å². The number of hydrogen-bond acceptors (Lipinski definition) is 6. The summed E-state index contributed by atoms with van der Waals surface area (Å²) in [4.78, 5) is 4.33. The minimum Gasteiger partial charge on any atom is -0.376 e. The van der Waals surface area contributed by atoms with Gasteiger partial charge in [0.05, 0.1) is 25.7 Å². The molecule has 0 aromatic carbocycles. The van der Waals surface area contributed by atoms with E-state index in [1.165, 1.54) is 0 Å². The molecule has 1 aromatic rings. The maximum atomic E-state index is 5.48. The zero-order valence-corrected chi connectivity index (χ0v) is 8.31. The van der Waals surface area contributed by atoms with Crippen molar-refractivity contribution in [1.82, 2.24) is 15.5 Å². The summed E-state index contributed by atoms with van der Waals surface area (Å²) in [6.45, 7) is 3.60. The van der Waals surface area contributed by atoms with Crippen molar-refractivity contribution in [2.45, 2.75) is 12.0 Å². The highest BCUT2D eigenvalue weighted by Gasteiger charge is 2.28. The van der Waals surface area contributed by atoms with Crippen LogP contribution in [0.15, 0.2) is 4.52 Å². The number of rotatable bonds is 2. The van der Waals surface area contributed by atoms with Crippen molar-refractivity contribution < 1.29 is 14.0 Å². The minimum atomic E-state index is -0.163. The molecule has 2 aliphatic heterocycles. The van der Waals surface area contributed by atoms with E-state index in [0.717, 1.165) is 13.1 Å². The Bertz CT molecular complexity index is 331. The normalized spacial score (nSPS) is 27.6. The molecule has 1 N–H and O–H groups in total. The van der Waals surface area contributed by atoms with Crippen molar-refractivity contribution in [1.29, 1.82) is 0 Å². The molecule has 6 nitrogen and oxygen atoms in total. The minimum absolute atomic E-state index is 0.163. The van der Waals surface area contributed by atoms with Gasteiger partial charge in [-0.3, -0.25) is 0 Å². The quantitative estimate of drug-likeness (QED) is 0.733. The zero-order chi connectivity index (χ0) is 10.1. The van der Waals surface area contributed by atoms with Gasteiger partial charge >= 0.3 is 0 Å². The Balaban J connectivity index is 1.71. The SMILES string of the molecule is C1COC(c2noc(C3CNC3)n2)CO1. The van der Waals surface area contributed by atoms with E-state index in [-0.39, 0.29) is 6.10 Å². The molecule has 3 heterocycles. The Morgan fingerprint density at radius 2 is 2.20 bits per heavy atom. The van der Waals surface area contributed by atoms with Crippen molar-refractivity contribution in [3.05, 3.63) is 11.7 Å². The summed E-state index contributed by atoms with van der Waals surface area (Å²) in [6, 6.07) is 0. The van der Waals surface area contributed by atoms with Crippen LogP contribution in [0, 0.1) is 0 Å². The van der Waals surface area contributed by atoms with Crippen LogP contribution in [-0.4, -0.2) is 43.1 Å². The second-order valence-corrected chi connectivity index (χ2v) is 3.78. The van der Waals surface area contributed by atoms with E-state index < -0.39 is 0 Å². The van der Waals surface area contributed by atoms with Crippen LogP contribution in [0.3, 0.4) is 0 Å². The topological polar surface area (TPSA) is 69.4 Å². The molecule has 3 rings (SSSR count). The molecule has 2 saturated heterocycles. The number of nitrogens with one attached hydrogen (secondary N) is 1. The van der Waals surface area contributed by atoms with Gasteiger partial charge in [-0.2, -0.15) is 4.98 Å². The van der Waals surface area contributed by atoms with Crippen molar-refractivity contribution in [2.75, 3.05) is 32.9 Å². The molecule has 1 aromatic heterocycles. The first kappa shape index (κ1) is 9.26. The third-order valence-electron chi connectivity index (χ3n) is 2.69. The largest absolute Gasteiger partial charge is 0.376 e. The maximum absolute atomic E-state index is 5.48. The van der Waals surface area contributed by atoms with E-state index in [1.807, 2.05) is 0 Å². The Hall–Kier alpha value is -0.980. The zero-order valence-electron chi connectivity index (χ0n) is 8.31. The summed E-state index contributed by atoms with van der Waals surface area (Å²) in [7, 11) is 0. The van der Waals surface area contributed by atoms with Crippen LogP contribution in [0.1, 0.15) is 23.7 Å². The molecule has 82 valence electrons. The molecule has 0 aliphatic carbocycles. The molecule has 0 bridgehead atoms.